The van der Waals surface area contributed by atoms with Crippen molar-refractivity contribution in [2.45, 2.75) is 107 Å². The van der Waals surface area contributed by atoms with Gasteiger partial charge in [-0.05, 0) is 78.7 Å². The van der Waals surface area contributed by atoms with Gasteiger partial charge in [0.2, 0.25) is 0 Å². The van der Waals surface area contributed by atoms with Gasteiger partial charge in [0.25, 0.3) is 5.91 Å². The molecule has 0 saturated carbocycles. The lowest BCUT2D eigenvalue weighted by atomic mass is 9.71. The van der Waals surface area contributed by atoms with Gasteiger partial charge in [0.1, 0.15) is 5.75 Å². The standard InChI is InChI=1S/C25H32N2O2.C11H25N3.C6H14O/c1-19(2)15-16-26-25(28)18-29-23-12-10-21(11-13-23)24-14-9-20(3)17-27(24)22-7-5-4-6-8-22;1-6-8(2)9(3)11(4,5)10(12)7-14-13;1-3-6(2)4-5-7/h5,7-14,19,24H,3-4,6,15-18H2,1-2H3,(H,26,28);7-9,14H,6,12-13H2,1-5H3;6-7H,3-5H2,1-2H3/b;10-7-;. The molecule has 2 aliphatic rings. The molecule has 0 saturated heterocycles. The number of benzene rings is 1. The van der Waals surface area contributed by atoms with Gasteiger partial charge in [-0.2, -0.15) is 0 Å². The van der Waals surface area contributed by atoms with Crippen molar-refractivity contribution in [1.29, 1.82) is 0 Å². The minimum Gasteiger partial charge on any atom is -0.484 e. The summed E-state index contributed by atoms with van der Waals surface area (Å²) in [6.07, 6.45) is 19.2. The van der Waals surface area contributed by atoms with Crippen LogP contribution in [0.1, 0.15) is 112 Å². The second-order valence-corrected chi connectivity index (χ2v) is 14.8. The first-order chi connectivity index (χ1) is 23.7. The molecular weight excluding hydrogens is 622 g/mol. The van der Waals surface area contributed by atoms with Crippen LogP contribution in [0.4, 0.5) is 0 Å². The topological polar surface area (TPSA) is 126 Å². The third-order valence-electron chi connectivity index (χ3n) is 10.1. The molecule has 0 radical (unpaired) electrons. The number of aliphatic hydroxyl groups is 1. The Morgan fingerprint density at radius 2 is 1.76 bits per heavy atom. The molecule has 50 heavy (non-hydrogen) atoms. The van der Waals surface area contributed by atoms with E-state index in [0.29, 0.717) is 42.6 Å². The largest absolute Gasteiger partial charge is 0.484 e. The van der Waals surface area contributed by atoms with E-state index in [2.05, 4.69) is 127 Å². The molecule has 1 amide bonds. The Kier molecular flexibility index (Phi) is 21.2. The van der Waals surface area contributed by atoms with Crippen LogP contribution < -0.4 is 27.1 Å². The fourth-order valence-corrected chi connectivity index (χ4v) is 5.55. The number of ether oxygens (including phenoxy) is 1. The molecule has 1 aromatic carbocycles. The second-order valence-electron chi connectivity index (χ2n) is 14.8. The zero-order chi connectivity index (χ0) is 37.7. The molecule has 0 bridgehead atoms. The first kappa shape index (κ1) is 44.5. The lowest BCUT2D eigenvalue weighted by Gasteiger charge is -2.37. The molecule has 4 unspecified atom stereocenters. The molecule has 7 N–H and O–H groups in total. The lowest BCUT2D eigenvalue weighted by molar-refractivity contribution is -0.123. The van der Waals surface area contributed by atoms with Crippen LogP contribution in [0, 0.1) is 29.1 Å². The van der Waals surface area contributed by atoms with Gasteiger partial charge in [-0.15, -0.1) is 0 Å². The average molecular weight is 694 g/mol. The summed E-state index contributed by atoms with van der Waals surface area (Å²) in [7, 11) is 0. The Morgan fingerprint density at radius 3 is 2.28 bits per heavy atom. The molecule has 0 fully saturated rings. The molecule has 1 aliphatic heterocycles. The Morgan fingerprint density at radius 1 is 1.08 bits per heavy atom. The number of rotatable bonds is 16. The molecule has 282 valence electrons. The van der Waals surface area contributed by atoms with Gasteiger partial charge in [-0.3, -0.25) is 10.6 Å². The number of allylic oxidation sites excluding steroid dienone is 4. The molecule has 1 aliphatic carbocycles. The van der Waals surface area contributed by atoms with Crippen LogP contribution in [0.15, 0.2) is 84.4 Å². The number of nitrogens with zero attached hydrogens (tertiary/aromatic N) is 1. The summed E-state index contributed by atoms with van der Waals surface area (Å²) in [6, 6.07) is 8.21. The minimum atomic E-state index is -0.0781. The third kappa shape index (κ3) is 16.0. The van der Waals surface area contributed by atoms with Gasteiger partial charge in [0.15, 0.2) is 6.61 Å². The number of carbonyl (C=O) groups is 1. The van der Waals surface area contributed by atoms with E-state index in [1.807, 2.05) is 12.1 Å². The van der Waals surface area contributed by atoms with E-state index in [1.165, 1.54) is 24.1 Å². The normalized spacial score (nSPS) is 17.8. The molecule has 1 heterocycles. The van der Waals surface area contributed by atoms with E-state index in [9.17, 15) is 4.79 Å². The summed E-state index contributed by atoms with van der Waals surface area (Å²) in [6.45, 7) is 25.6. The molecular formula is C42H71N5O3. The quantitative estimate of drug-likeness (QED) is 0.0871. The number of nitrogens with two attached hydrogens (primary N) is 2. The number of hydrazine groups is 1. The predicted octanol–water partition coefficient (Wildman–Crippen LogP) is 8.30. The van der Waals surface area contributed by atoms with Gasteiger partial charge < -0.3 is 31.2 Å². The Balaban J connectivity index is 0.000000494. The summed E-state index contributed by atoms with van der Waals surface area (Å²) in [5.74, 6) is 8.34. The van der Waals surface area contributed by atoms with Crippen molar-refractivity contribution in [2.75, 3.05) is 26.3 Å². The number of hydrogen-bond donors (Lipinski definition) is 5. The van der Waals surface area contributed by atoms with E-state index in [0.717, 1.165) is 43.5 Å². The van der Waals surface area contributed by atoms with Crippen LogP contribution in [0.3, 0.4) is 0 Å². The zero-order valence-electron chi connectivity index (χ0n) is 32.8. The zero-order valence-corrected chi connectivity index (χ0v) is 32.8. The van der Waals surface area contributed by atoms with Gasteiger partial charge in [0, 0.05) is 42.7 Å². The molecule has 0 aromatic heterocycles. The first-order valence-corrected chi connectivity index (χ1v) is 18.7. The third-order valence-corrected chi connectivity index (χ3v) is 10.1. The smallest absolute Gasteiger partial charge is 0.257 e. The van der Waals surface area contributed by atoms with Gasteiger partial charge in [-0.25, -0.2) is 0 Å². The molecule has 8 nitrogen and oxygen atoms in total. The van der Waals surface area contributed by atoms with Crippen molar-refractivity contribution in [3.05, 3.63) is 90.0 Å². The maximum Gasteiger partial charge on any atom is 0.257 e. The van der Waals surface area contributed by atoms with Crippen LogP contribution in [0.5, 0.6) is 5.75 Å². The fraction of sp³-hybridized carbons (Fsp3) is 0.595. The molecule has 0 spiro atoms. The highest BCUT2D eigenvalue weighted by molar-refractivity contribution is 5.77. The van der Waals surface area contributed by atoms with Crippen LogP contribution in [0.25, 0.3) is 0 Å². The van der Waals surface area contributed by atoms with Gasteiger partial charge in [-0.1, -0.05) is 118 Å². The van der Waals surface area contributed by atoms with E-state index >= 15 is 0 Å². The second kappa shape index (κ2) is 23.8. The summed E-state index contributed by atoms with van der Waals surface area (Å²) in [4.78, 5) is 14.3. The Bertz CT molecular complexity index is 1250. The maximum absolute atomic E-state index is 11.9. The molecule has 1 aromatic rings. The number of carbonyl (C=O) groups excluding carboxylic acids is 1. The summed E-state index contributed by atoms with van der Waals surface area (Å²) < 4.78 is 5.65. The van der Waals surface area contributed by atoms with E-state index in [-0.39, 0.29) is 24.0 Å². The fourth-order valence-electron chi connectivity index (χ4n) is 5.55. The van der Waals surface area contributed by atoms with E-state index in [1.54, 1.807) is 6.20 Å². The predicted molar refractivity (Wildman–Crippen MR) is 212 cm³/mol. The number of amides is 1. The maximum atomic E-state index is 11.9. The van der Waals surface area contributed by atoms with Crippen molar-refractivity contribution in [1.82, 2.24) is 15.6 Å². The lowest BCUT2D eigenvalue weighted by Crippen LogP contribution is -2.34. The highest BCUT2D eigenvalue weighted by Crippen LogP contribution is 2.37. The summed E-state index contributed by atoms with van der Waals surface area (Å²) in [5, 5.41) is 11.3. The van der Waals surface area contributed by atoms with Crippen molar-refractivity contribution in [3.8, 4) is 5.75 Å². The van der Waals surface area contributed by atoms with Crippen molar-refractivity contribution in [2.24, 2.45) is 40.7 Å². The van der Waals surface area contributed by atoms with Crippen molar-refractivity contribution >= 4 is 5.91 Å². The monoisotopic (exact) mass is 694 g/mol. The first-order valence-electron chi connectivity index (χ1n) is 18.7. The summed E-state index contributed by atoms with van der Waals surface area (Å²) in [5.41, 5.74) is 12.8. The number of aliphatic hydroxyl groups excluding tert-OH is 1. The average Bonchev–Trinajstić information content (AvgIpc) is 3.11. The van der Waals surface area contributed by atoms with Crippen LogP contribution in [-0.2, 0) is 4.79 Å². The number of hydrogen-bond acceptors (Lipinski definition) is 7. The van der Waals surface area contributed by atoms with Gasteiger partial charge in [0.05, 0.1) is 6.04 Å². The molecule has 3 rings (SSSR count). The van der Waals surface area contributed by atoms with Crippen LogP contribution in [-0.4, -0.2) is 42.2 Å². The van der Waals surface area contributed by atoms with E-state index in [4.69, 9.17) is 21.4 Å². The highest BCUT2D eigenvalue weighted by Gasteiger charge is 2.31. The molecule has 8 heteroatoms. The van der Waals surface area contributed by atoms with Crippen LogP contribution in [0.2, 0.25) is 0 Å². The molecule has 4 atom stereocenters. The van der Waals surface area contributed by atoms with Gasteiger partial charge >= 0.3 is 0 Å². The van der Waals surface area contributed by atoms with Crippen molar-refractivity contribution in [3.63, 3.8) is 0 Å². The SMILES string of the molecule is C=C1C=CC(c2ccc(OCC(=O)NCCC(C)C)cc2)N(C2=CCCC=C2)C1.CCC(C)C(C)C(C)(C)/C(N)=C/NN.CCC(C)CCO. The highest BCUT2D eigenvalue weighted by atomic mass is 16.5. The van der Waals surface area contributed by atoms with E-state index < -0.39 is 0 Å². The number of nitrogens with one attached hydrogen (secondary N) is 2. The Hall–Kier alpha value is -3.49. The van der Waals surface area contributed by atoms with Crippen LogP contribution >= 0.6 is 0 Å². The van der Waals surface area contributed by atoms with Crippen molar-refractivity contribution < 1.29 is 14.6 Å². The Labute approximate surface area is 305 Å². The summed E-state index contributed by atoms with van der Waals surface area (Å²) >= 11 is 0. The minimum absolute atomic E-state index is 0.0121.